The van der Waals surface area contributed by atoms with E-state index < -0.39 is 84.6 Å². The third kappa shape index (κ3) is 12.9. The van der Waals surface area contributed by atoms with Crippen LogP contribution in [0.5, 0.6) is 0 Å². The maximum absolute atomic E-state index is 12.7. The van der Waals surface area contributed by atoms with Crippen LogP contribution in [-0.4, -0.2) is 123 Å². The molecule has 0 spiro atoms. The summed E-state index contributed by atoms with van der Waals surface area (Å²) in [6, 6.07) is 8.58. The number of nitrogens with zero attached hydrogens (tertiary/aromatic N) is 4. The first-order valence-corrected chi connectivity index (χ1v) is 21.7. The fourth-order valence-electron chi connectivity index (χ4n) is 4.93. The molecule has 0 radical (unpaired) electrons. The zero-order valence-corrected chi connectivity index (χ0v) is 33.0. The van der Waals surface area contributed by atoms with Crippen LogP contribution in [0.1, 0.15) is 36.9 Å². The van der Waals surface area contributed by atoms with Gasteiger partial charge in [-0.15, -0.1) is 0 Å². The maximum atomic E-state index is 12.7. The SMILES string of the molecule is CC(C)(COP(=O)(O)OP(=O)(O)OC[C@H]1O[C@@H](n2cnc3c(N)ncnc32)[C@H](O)[C@H]1OP(=O)(O)O)C(O)C(=O)NCCC(=O)NCCSC(=O)c1ccccc1. The Morgan fingerprint density at radius 2 is 1.70 bits per heavy atom. The number of aromatic nitrogens is 4. The molecule has 4 rings (SSSR count). The molecular formula is C28H40N7O17P3S. The highest BCUT2D eigenvalue weighted by Gasteiger charge is 2.50. The number of anilines is 1. The number of nitrogens with two attached hydrogens (primary N) is 1. The number of nitrogens with one attached hydrogen (secondary N) is 2. The minimum atomic E-state index is -5.57. The van der Waals surface area contributed by atoms with E-state index in [4.69, 9.17) is 19.5 Å². The van der Waals surface area contributed by atoms with E-state index in [0.717, 1.165) is 29.0 Å². The predicted octanol–water partition coefficient (Wildman–Crippen LogP) is -0.0215. The summed E-state index contributed by atoms with van der Waals surface area (Å²) in [5.41, 5.74) is 4.78. The van der Waals surface area contributed by atoms with Crippen LogP contribution in [0.25, 0.3) is 11.2 Å². The average Bonchev–Trinajstić information content (AvgIpc) is 3.68. The molecule has 0 saturated carbocycles. The number of ether oxygens (including phenoxy) is 1. The van der Waals surface area contributed by atoms with Crippen molar-refractivity contribution in [3.05, 3.63) is 48.5 Å². The first kappa shape index (κ1) is 45.5. The van der Waals surface area contributed by atoms with Gasteiger partial charge in [0.25, 0.3) is 0 Å². The number of aliphatic hydroxyl groups is 2. The normalized spacial score (nSPS) is 21.6. The topological polar surface area (TPSA) is 364 Å². The van der Waals surface area contributed by atoms with Gasteiger partial charge in [0.05, 0.1) is 19.5 Å². The number of amides is 2. The number of rotatable bonds is 20. The second kappa shape index (κ2) is 19.0. The number of hydrogen-bond acceptors (Lipinski definition) is 18. The molecule has 1 aliphatic rings. The van der Waals surface area contributed by atoms with Gasteiger partial charge in [0, 0.05) is 36.2 Å². The van der Waals surface area contributed by atoms with E-state index in [0.29, 0.717) is 11.3 Å². The summed E-state index contributed by atoms with van der Waals surface area (Å²) in [4.78, 5) is 87.7. The van der Waals surface area contributed by atoms with E-state index in [1.807, 2.05) is 0 Å². The highest BCUT2D eigenvalue weighted by atomic mass is 32.2. The number of carbonyl (C=O) groups is 3. The molecule has 24 nitrogen and oxygen atoms in total. The van der Waals surface area contributed by atoms with Crippen LogP contribution in [0, 0.1) is 5.41 Å². The molecule has 3 aromatic rings. The smallest absolute Gasteiger partial charge is 0.386 e. The van der Waals surface area contributed by atoms with Crippen molar-refractivity contribution < 1.29 is 80.5 Å². The Balaban J connectivity index is 1.23. The van der Waals surface area contributed by atoms with E-state index in [-0.39, 0.29) is 41.6 Å². The number of carbonyl (C=O) groups excluding carboxylic acids is 3. The van der Waals surface area contributed by atoms with Gasteiger partial charge in [-0.2, -0.15) is 4.31 Å². The van der Waals surface area contributed by atoms with Crippen LogP contribution in [0.2, 0.25) is 0 Å². The number of aliphatic hydroxyl groups excluding tert-OH is 2. The first-order chi connectivity index (χ1) is 26.1. The third-order valence-corrected chi connectivity index (χ3v) is 11.8. The second-order valence-corrected chi connectivity index (χ2v) is 17.9. The van der Waals surface area contributed by atoms with Gasteiger partial charge in [-0.25, -0.2) is 28.6 Å². The Morgan fingerprint density at radius 1 is 1.02 bits per heavy atom. The minimum absolute atomic E-state index is 0.0292. The van der Waals surface area contributed by atoms with Crippen molar-refractivity contribution in [1.82, 2.24) is 30.2 Å². The van der Waals surface area contributed by atoms with E-state index in [1.165, 1.54) is 13.8 Å². The lowest BCUT2D eigenvalue weighted by atomic mass is 9.87. The van der Waals surface area contributed by atoms with Crippen LogP contribution in [-0.2, 0) is 45.9 Å². The van der Waals surface area contributed by atoms with Crippen molar-refractivity contribution in [2.24, 2.45) is 5.41 Å². The molecule has 1 saturated heterocycles. The molecule has 56 heavy (non-hydrogen) atoms. The van der Waals surface area contributed by atoms with Gasteiger partial charge < -0.3 is 50.9 Å². The molecule has 0 aliphatic carbocycles. The summed E-state index contributed by atoms with van der Waals surface area (Å²) in [5, 5.41) is 26.2. The van der Waals surface area contributed by atoms with Crippen molar-refractivity contribution in [3.63, 3.8) is 0 Å². The lowest BCUT2D eigenvalue weighted by Gasteiger charge is -2.30. The Bertz CT molecular complexity index is 2000. The molecule has 1 aromatic carbocycles. The molecule has 10 N–H and O–H groups in total. The molecule has 2 aromatic heterocycles. The molecule has 2 amide bonds. The summed E-state index contributed by atoms with van der Waals surface area (Å²) in [7, 11) is -16.4. The standard InChI is InChI=1S/C28H40N7O17P3S/c1-28(2,22(38)25(39)31-9-8-18(36)30-10-11-56-27(40)16-6-4-3-5-7-16)13-49-55(46,47)52-54(44,45)48-12-17-21(51-53(41,42)43)20(37)26(50-17)35-15-34-19-23(29)32-14-33-24(19)35/h3-7,14-15,17,20-22,26,37-38H,8-13H2,1-2H3,(H,30,36)(H,31,39)(H,44,45)(H,46,47)(H2,29,32,33)(H2,41,42,43)/t17-,20-,21+,22?,26-/m1/s1. The van der Waals surface area contributed by atoms with Crippen LogP contribution < -0.4 is 16.4 Å². The molecular weight excluding hydrogens is 831 g/mol. The second-order valence-electron chi connectivity index (χ2n) is 12.6. The van der Waals surface area contributed by atoms with Gasteiger partial charge in [-0.05, 0) is 0 Å². The Labute approximate surface area is 321 Å². The van der Waals surface area contributed by atoms with Crippen LogP contribution >= 0.6 is 35.2 Å². The van der Waals surface area contributed by atoms with Crippen LogP contribution in [0.15, 0.2) is 43.0 Å². The van der Waals surface area contributed by atoms with Crippen molar-refractivity contribution in [2.75, 3.05) is 37.8 Å². The van der Waals surface area contributed by atoms with Crippen molar-refractivity contribution in [3.8, 4) is 0 Å². The average molecular weight is 872 g/mol. The van der Waals surface area contributed by atoms with Crippen molar-refractivity contribution in [1.29, 1.82) is 0 Å². The van der Waals surface area contributed by atoms with Gasteiger partial charge in [0.15, 0.2) is 17.7 Å². The lowest BCUT2D eigenvalue weighted by Crippen LogP contribution is -2.46. The lowest BCUT2D eigenvalue weighted by molar-refractivity contribution is -0.137. The number of nitrogen functional groups attached to an aromatic ring is 1. The number of phosphoric ester groups is 3. The monoisotopic (exact) mass is 871 g/mol. The summed E-state index contributed by atoms with van der Waals surface area (Å²) in [6.45, 7) is 0.448. The number of hydrogen-bond donors (Lipinski definition) is 9. The van der Waals surface area contributed by atoms with E-state index >= 15 is 0 Å². The van der Waals surface area contributed by atoms with E-state index in [2.05, 4.69) is 34.4 Å². The molecule has 7 atom stereocenters. The summed E-state index contributed by atoms with van der Waals surface area (Å²) < 4.78 is 62.1. The highest BCUT2D eigenvalue weighted by Crippen LogP contribution is 2.61. The Hall–Kier alpha value is -3.22. The van der Waals surface area contributed by atoms with Gasteiger partial charge in [-0.3, -0.25) is 32.5 Å². The number of imidazole rings is 1. The first-order valence-electron chi connectivity index (χ1n) is 16.2. The number of thioether (sulfide) groups is 1. The fraction of sp³-hybridized carbons (Fsp3) is 0.500. The van der Waals surface area contributed by atoms with Crippen LogP contribution in [0.3, 0.4) is 0 Å². The molecule has 3 heterocycles. The molecule has 1 aliphatic heterocycles. The van der Waals surface area contributed by atoms with Gasteiger partial charge >= 0.3 is 23.5 Å². The quantitative estimate of drug-likeness (QED) is 0.0532. The summed E-state index contributed by atoms with van der Waals surface area (Å²) >= 11 is 1.02. The molecule has 310 valence electrons. The summed E-state index contributed by atoms with van der Waals surface area (Å²) in [6.07, 6.45) is -6.94. The number of fused-ring (bicyclic) bond motifs is 1. The number of phosphoric acid groups is 3. The van der Waals surface area contributed by atoms with Crippen molar-refractivity contribution in [2.45, 2.75) is 50.9 Å². The Morgan fingerprint density at radius 3 is 2.38 bits per heavy atom. The van der Waals surface area contributed by atoms with Crippen molar-refractivity contribution >= 4 is 69.1 Å². The van der Waals surface area contributed by atoms with Gasteiger partial charge in [-0.1, -0.05) is 55.9 Å². The molecule has 0 bridgehead atoms. The van der Waals surface area contributed by atoms with Crippen LogP contribution in [0.4, 0.5) is 5.82 Å². The largest absolute Gasteiger partial charge is 0.481 e. The van der Waals surface area contributed by atoms with E-state index in [9.17, 15) is 57.9 Å². The molecule has 3 unspecified atom stereocenters. The third-order valence-electron chi connectivity index (χ3n) is 7.74. The predicted molar refractivity (Wildman–Crippen MR) is 193 cm³/mol. The minimum Gasteiger partial charge on any atom is -0.386 e. The van der Waals surface area contributed by atoms with Gasteiger partial charge in [0.2, 0.25) is 16.9 Å². The zero-order valence-electron chi connectivity index (χ0n) is 29.5. The molecule has 28 heteroatoms. The fourth-order valence-corrected chi connectivity index (χ4v) is 8.45. The highest BCUT2D eigenvalue weighted by molar-refractivity contribution is 8.14. The Kier molecular flexibility index (Phi) is 15.4. The summed E-state index contributed by atoms with van der Waals surface area (Å²) in [5.74, 6) is -1.17. The maximum Gasteiger partial charge on any atom is 0.481 e. The van der Waals surface area contributed by atoms with E-state index in [1.54, 1.807) is 30.3 Å². The molecule has 1 fully saturated rings. The zero-order chi connectivity index (χ0) is 41.5. The number of benzene rings is 1. The van der Waals surface area contributed by atoms with Gasteiger partial charge in [0.1, 0.15) is 36.3 Å².